The van der Waals surface area contributed by atoms with E-state index in [-0.39, 0.29) is 11.7 Å². The first-order chi connectivity index (χ1) is 10.3. The Kier molecular flexibility index (Phi) is 4.77. The number of thiazole rings is 1. The summed E-state index contributed by atoms with van der Waals surface area (Å²) in [5, 5.41) is 3.82. The number of anilines is 1. The minimum absolute atomic E-state index is 0.141. The molecular weight excluding hydrogens is 333 g/mol. The number of benzene rings is 1. The summed E-state index contributed by atoms with van der Waals surface area (Å²) in [7, 11) is -4.67. The molecule has 11 heteroatoms. The number of rotatable bonds is 4. The lowest BCUT2D eigenvalue weighted by atomic mass is 10.2. The number of aromatic nitrogens is 1. The molecule has 0 spiro atoms. The lowest BCUT2D eigenvalue weighted by molar-refractivity contribution is 0.0526. The summed E-state index contributed by atoms with van der Waals surface area (Å²) >= 11 is 1.06. The average molecular weight is 345 g/mol. The van der Waals surface area contributed by atoms with E-state index in [1.807, 2.05) is 0 Å². The van der Waals surface area contributed by atoms with Gasteiger partial charge in [0.2, 0.25) is 0 Å². The van der Waals surface area contributed by atoms with Gasteiger partial charge in [-0.1, -0.05) is 11.3 Å². The summed E-state index contributed by atoms with van der Waals surface area (Å²) in [6.45, 7) is 1.96. The molecule has 0 bridgehead atoms. The van der Waals surface area contributed by atoms with Crippen LogP contribution >= 0.6 is 19.1 Å². The van der Waals surface area contributed by atoms with Crippen LogP contribution in [0.15, 0.2) is 18.2 Å². The highest BCUT2D eigenvalue weighted by atomic mass is 32.1. The Bertz CT molecular complexity index is 770. The van der Waals surface area contributed by atoms with Gasteiger partial charge in [-0.3, -0.25) is 5.32 Å². The Morgan fingerprint density at radius 3 is 2.77 bits per heavy atom. The molecule has 1 aromatic carbocycles. The highest BCUT2D eigenvalue weighted by molar-refractivity contribution is 7.50. The molecule has 4 N–H and O–H groups in total. The predicted molar refractivity (Wildman–Crippen MR) is 79.8 cm³/mol. The molecule has 0 fully saturated rings. The van der Waals surface area contributed by atoms with Crippen molar-refractivity contribution >= 4 is 46.4 Å². The summed E-state index contributed by atoms with van der Waals surface area (Å²) in [5.41, 5.74) is 0.883. The Labute approximate surface area is 128 Å². The van der Waals surface area contributed by atoms with Crippen molar-refractivity contribution in [2.24, 2.45) is 0 Å². The van der Waals surface area contributed by atoms with Crippen molar-refractivity contribution in [3.63, 3.8) is 0 Å². The number of ether oxygens (including phenoxy) is 1. The monoisotopic (exact) mass is 345 g/mol. The normalized spacial score (nSPS) is 11.2. The van der Waals surface area contributed by atoms with E-state index in [0.717, 1.165) is 11.3 Å². The van der Waals surface area contributed by atoms with E-state index in [1.165, 1.54) is 5.09 Å². The van der Waals surface area contributed by atoms with Gasteiger partial charge in [0.1, 0.15) is 0 Å². The van der Waals surface area contributed by atoms with Gasteiger partial charge in [0.15, 0.2) is 5.13 Å². The van der Waals surface area contributed by atoms with Gasteiger partial charge < -0.3 is 14.5 Å². The predicted octanol–water partition coefficient (Wildman–Crippen LogP) is 1.69. The molecule has 1 aromatic heterocycles. The molecule has 0 saturated heterocycles. The highest BCUT2D eigenvalue weighted by Crippen LogP contribution is 2.30. The van der Waals surface area contributed by atoms with E-state index in [2.05, 4.69) is 10.3 Å². The van der Waals surface area contributed by atoms with Gasteiger partial charge in [-0.2, -0.15) is 0 Å². The molecule has 1 heterocycles. The van der Waals surface area contributed by atoms with Crippen LogP contribution in [0.1, 0.15) is 17.3 Å². The minimum Gasteiger partial charge on any atom is -0.462 e. The standard InChI is InChI=1S/C11H12N3O6PS/c1-2-20-9(15)6-3-4-7-8(5-6)22-11(12-7)13-10(16)14-21(17,18)19/h3-5H,2H2,1H3,(H4,12,13,14,16,17,18,19). The van der Waals surface area contributed by atoms with E-state index in [9.17, 15) is 14.2 Å². The maximum atomic E-state index is 11.6. The third-order valence-electron chi connectivity index (χ3n) is 2.37. The Morgan fingerprint density at radius 1 is 1.41 bits per heavy atom. The minimum atomic E-state index is -4.67. The van der Waals surface area contributed by atoms with Crippen LogP contribution < -0.4 is 10.4 Å². The third-order valence-corrected chi connectivity index (χ3v) is 3.80. The van der Waals surface area contributed by atoms with Crippen molar-refractivity contribution in [1.29, 1.82) is 0 Å². The number of urea groups is 1. The van der Waals surface area contributed by atoms with Crippen LogP contribution in [-0.4, -0.2) is 33.4 Å². The van der Waals surface area contributed by atoms with Crippen molar-refractivity contribution < 1.29 is 28.7 Å². The fourth-order valence-electron chi connectivity index (χ4n) is 1.58. The largest absolute Gasteiger partial charge is 0.462 e. The van der Waals surface area contributed by atoms with Crippen molar-refractivity contribution in [2.75, 3.05) is 11.9 Å². The van der Waals surface area contributed by atoms with Gasteiger partial charge in [-0.15, -0.1) is 0 Å². The number of carbonyl (C=O) groups is 2. The summed E-state index contributed by atoms with van der Waals surface area (Å²) in [4.78, 5) is 44.3. The first-order valence-electron chi connectivity index (χ1n) is 6.01. The van der Waals surface area contributed by atoms with Gasteiger partial charge in [-0.25, -0.2) is 24.2 Å². The van der Waals surface area contributed by atoms with Crippen molar-refractivity contribution in [3.8, 4) is 0 Å². The molecule has 118 valence electrons. The van der Waals surface area contributed by atoms with Crippen molar-refractivity contribution in [2.45, 2.75) is 6.92 Å². The molecule has 2 amide bonds. The lowest BCUT2D eigenvalue weighted by Gasteiger charge is -2.05. The third kappa shape index (κ3) is 4.25. The van der Waals surface area contributed by atoms with Gasteiger partial charge in [-0.05, 0) is 25.1 Å². The smallest absolute Gasteiger partial charge is 0.431 e. The van der Waals surface area contributed by atoms with E-state index >= 15 is 0 Å². The highest BCUT2D eigenvalue weighted by Gasteiger charge is 2.18. The Balaban J connectivity index is 2.18. The molecule has 0 unspecified atom stereocenters. The Hall–Kier alpha value is -2.00. The number of nitrogens with one attached hydrogen (secondary N) is 2. The second kappa shape index (κ2) is 6.41. The van der Waals surface area contributed by atoms with E-state index in [4.69, 9.17) is 14.5 Å². The summed E-state index contributed by atoms with van der Waals surface area (Å²) in [5.74, 6) is -0.466. The number of nitrogens with zero attached hydrogens (tertiary/aromatic N) is 1. The van der Waals surface area contributed by atoms with Crippen molar-refractivity contribution in [3.05, 3.63) is 23.8 Å². The second-order valence-corrected chi connectivity index (χ2v) is 6.37. The Morgan fingerprint density at radius 2 is 2.14 bits per heavy atom. The molecule has 9 nitrogen and oxygen atoms in total. The molecular formula is C11H12N3O6PS. The molecule has 0 aliphatic rings. The first-order valence-corrected chi connectivity index (χ1v) is 8.44. The van der Waals surface area contributed by atoms with Crippen LogP contribution in [0, 0.1) is 0 Å². The maximum Gasteiger partial charge on any atom is 0.431 e. The maximum absolute atomic E-state index is 11.6. The second-order valence-electron chi connectivity index (χ2n) is 4.03. The van der Waals surface area contributed by atoms with Crippen molar-refractivity contribution in [1.82, 2.24) is 10.1 Å². The molecule has 0 aliphatic carbocycles. The summed E-state index contributed by atoms with van der Waals surface area (Å²) in [6.07, 6.45) is 0. The molecule has 2 aromatic rings. The molecule has 0 saturated carbocycles. The fourth-order valence-corrected chi connectivity index (χ4v) is 2.80. The number of hydrogen-bond donors (Lipinski definition) is 4. The molecule has 0 aliphatic heterocycles. The molecule has 22 heavy (non-hydrogen) atoms. The topological polar surface area (TPSA) is 138 Å². The summed E-state index contributed by atoms with van der Waals surface area (Å²) < 4.78 is 16.1. The quantitative estimate of drug-likeness (QED) is 0.488. The van der Waals surface area contributed by atoms with Crippen LogP contribution in [0.2, 0.25) is 0 Å². The van der Waals surface area contributed by atoms with Gasteiger partial charge in [0.05, 0.1) is 22.4 Å². The number of amides is 2. The first kappa shape index (κ1) is 16.4. The SMILES string of the molecule is CCOC(=O)c1ccc2nc(NC(=O)NP(=O)(O)O)sc2c1. The van der Waals surface area contributed by atoms with E-state index < -0.39 is 19.7 Å². The van der Waals surface area contributed by atoms with Crippen LogP contribution in [0.4, 0.5) is 9.93 Å². The fraction of sp³-hybridized carbons (Fsp3) is 0.182. The zero-order valence-electron chi connectivity index (χ0n) is 11.3. The average Bonchev–Trinajstić information content (AvgIpc) is 2.77. The zero-order valence-corrected chi connectivity index (χ0v) is 13.0. The molecule has 0 atom stereocenters. The van der Waals surface area contributed by atoms with E-state index in [1.54, 1.807) is 25.1 Å². The number of carbonyl (C=O) groups excluding carboxylic acids is 2. The summed E-state index contributed by atoms with van der Waals surface area (Å²) in [6, 6.07) is 3.62. The van der Waals surface area contributed by atoms with Crippen LogP contribution in [0.3, 0.4) is 0 Å². The van der Waals surface area contributed by atoms with Crippen LogP contribution in [0.25, 0.3) is 10.2 Å². The molecule has 2 rings (SSSR count). The van der Waals surface area contributed by atoms with E-state index in [0.29, 0.717) is 15.8 Å². The number of hydrogen-bond acceptors (Lipinski definition) is 6. The van der Waals surface area contributed by atoms with Crippen LogP contribution in [0.5, 0.6) is 0 Å². The van der Waals surface area contributed by atoms with Gasteiger partial charge >= 0.3 is 19.7 Å². The van der Waals surface area contributed by atoms with Crippen LogP contribution in [-0.2, 0) is 9.30 Å². The molecule has 0 radical (unpaired) electrons. The number of esters is 1. The number of fused-ring (bicyclic) bond motifs is 1. The zero-order chi connectivity index (χ0) is 16.3. The van der Waals surface area contributed by atoms with Gasteiger partial charge in [0.25, 0.3) is 0 Å². The van der Waals surface area contributed by atoms with Gasteiger partial charge in [0, 0.05) is 0 Å². The lowest BCUT2D eigenvalue weighted by Crippen LogP contribution is -2.25.